The second-order valence-corrected chi connectivity index (χ2v) is 12.7. The third kappa shape index (κ3) is 4.09. The number of rotatable bonds is 4. The van der Waals surface area contributed by atoms with Gasteiger partial charge in [-0.25, -0.2) is 0 Å². The molecule has 0 fully saturated rings. The summed E-state index contributed by atoms with van der Waals surface area (Å²) in [5.41, 5.74) is 11.2. The molecule has 0 spiro atoms. The molecule has 0 saturated heterocycles. The highest BCUT2D eigenvalue weighted by molar-refractivity contribution is 7.25. The summed E-state index contributed by atoms with van der Waals surface area (Å²) in [4.78, 5) is 0. The van der Waals surface area contributed by atoms with E-state index in [9.17, 15) is 5.26 Å². The van der Waals surface area contributed by atoms with E-state index in [1.807, 2.05) is 23.5 Å². The van der Waals surface area contributed by atoms with Gasteiger partial charge in [0.25, 0.3) is 0 Å². The van der Waals surface area contributed by atoms with Gasteiger partial charge < -0.3 is 4.57 Å². The van der Waals surface area contributed by atoms with Gasteiger partial charge in [0.15, 0.2) is 0 Å². The first-order valence-corrected chi connectivity index (χ1v) is 16.2. The normalized spacial score (nSPS) is 11.5. The molecule has 46 heavy (non-hydrogen) atoms. The molecule has 0 N–H and O–H groups in total. The van der Waals surface area contributed by atoms with Gasteiger partial charge in [0.2, 0.25) is 0 Å². The quantitative estimate of drug-likeness (QED) is 0.197. The van der Waals surface area contributed by atoms with E-state index in [0.29, 0.717) is 5.56 Å². The van der Waals surface area contributed by atoms with Crippen LogP contribution in [0.1, 0.15) is 5.56 Å². The largest absolute Gasteiger partial charge is 0.309 e. The van der Waals surface area contributed by atoms with Crippen LogP contribution in [0, 0.1) is 11.3 Å². The Morgan fingerprint density at radius 2 is 1.13 bits per heavy atom. The van der Waals surface area contributed by atoms with Crippen molar-refractivity contribution in [3.63, 3.8) is 0 Å². The summed E-state index contributed by atoms with van der Waals surface area (Å²) < 4.78 is 4.92. The molecule has 0 saturated carbocycles. The van der Waals surface area contributed by atoms with Crippen LogP contribution in [-0.2, 0) is 0 Å². The minimum Gasteiger partial charge on any atom is -0.309 e. The molecule has 2 heterocycles. The van der Waals surface area contributed by atoms with Crippen LogP contribution in [0.15, 0.2) is 158 Å². The molecule has 7 aromatic carbocycles. The summed E-state index contributed by atoms with van der Waals surface area (Å²) in [7, 11) is 0. The molecular formula is C43H26N2S. The first-order chi connectivity index (χ1) is 22.8. The van der Waals surface area contributed by atoms with Crippen molar-refractivity contribution < 1.29 is 0 Å². The second kappa shape index (κ2) is 10.6. The third-order valence-corrected chi connectivity index (χ3v) is 10.2. The highest BCUT2D eigenvalue weighted by Crippen LogP contribution is 2.47. The zero-order chi connectivity index (χ0) is 30.6. The molecule has 9 rings (SSSR count). The van der Waals surface area contributed by atoms with E-state index < -0.39 is 0 Å². The highest BCUT2D eigenvalue weighted by Gasteiger charge is 2.20. The van der Waals surface area contributed by atoms with Gasteiger partial charge in [0.1, 0.15) is 0 Å². The molecule has 2 aromatic heterocycles. The number of aromatic nitrogens is 1. The molecule has 0 aliphatic heterocycles. The van der Waals surface area contributed by atoms with Crippen molar-refractivity contribution >= 4 is 53.3 Å². The third-order valence-electron chi connectivity index (χ3n) is 9.04. The SMILES string of the molecule is N#Cc1ccc2c(c1)c1ccccc1n2-c1cccc(-c2cccc(-c3ccccc3)c2-c2cccc3sc4ccccc4c23)c1. The Morgan fingerprint density at radius 1 is 0.478 bits per heavy atom. The van der Waals surface area contributed by atoms with Crippen LogP contribution in [0.4, 0.5) is 0 Å². The lowest BCUT2D eigenvalue weighted by molar-refractivity contribution is 1.18. The van der Waals surface area contributed by atoms with Gasteiger partial charge >= 0.3 is 0 Å². The van der Waals surface area contributed by atoms with Crippen molar-refractivity contribution in [1.82, 2.24) is 4.57 Å². The summed E-state index contributed by atoms with van der Waals surface area (Å²) in [5, 5.41) is 14.5. The molecule has 0 radical (unpaired) electrons. The standard InChI is InChI=1S/C43H26N2S/c44-27-28-23-24-39-37(25-28)34-15-4-6-20-38(34)45(39)31-14-8-13-30(26-31)33-18-9-17-32(29-11-2-1-3-12-29)42(33)36-19-10-22-41-43(36)35-16-5-7-21-40(35)46-41/h1-26H. The fraction of sp³-hybridized carbons (Fsp3) is 0. The van der Waals surface area contributed by atoms with Gasteiger partial charge in [-0.2, -0.15) is 5.26 Å². The minimum absolute atomic E-state index is 0.668. The summed E-state index contributed by atoms with van der Waals surface area (Å²) in [5.74, 6) is 0. The van der Waals surface area contributed by atoms with Crippen molar-refractivity contribution in [3.05, 3.63) is 163 Å². The Bertz CT molecular complexity index is 2650. The maximum absolute atomic E-state index is 9.63. The second-order valence-electron chi connectivity index (χ2n) is 11.6. The summed E-state index contributed by atoms with van der Waals surface area (Å²) in [6.45, 7) is 0. The Kier molecular flexibility index (Phi) is 6.09. The molecule has 9 aromatic rings. The molecule has 2 nitrogen and oxygen atoms in total. The lowest BCUT2D eigenvalue weighted by atomic mass is 9.86. The fourth-order valence-electron chi connectivity index (χ4n) is 7.06. The van der Waals surface area contributed by atoms with Crippen LogP contribution in [0.25, 0.3) is 81.0 Å². The van der Waals surface area contributed by atoms with Crippen LogP contribution < -0.4 is 0 Å². The number of nitrogens with zero attached hydrogens (tertiary/aromatic N) is 2. The monoisotopic (exact) mass is 602 g/mol. The Balaban J connectivity index is 1.34. The summed E-state index contributed by atoms with van der Waals surface area (Å²) in [6.07, 6.45) is 0. The van der Waals surface area contributed by atoms with Crippen molar-refractivity contribution in [3.8, 4) is 45.1 Å². The number of hydrogen-bond acceptors (Lipinski definition) is 2. The van der Waals surface area contributed by atoms with E-state index in [-0.39, 0.29) is 0 Å². The Hall–Kier alpha value is -5.95. The van der Waals surface area contributed by atoms with Gasteiger partial charge in [-0.15, -0.1) is 11.3 Å². The zero-order valence-corrected chi connectivity index (χ0v) is 25.6. The molecule has 214 valence electrons. The van der Waals surface area contributed by atoms with Gasteiger partial charge in [-0.3, -0.25) is 0 Å². The minimum atomic E-state index is 0.668. The molecule has 0 atom stereocenters. The van der Waals surface area contributed by atoms with E-state index in [0.717, 1.165) is 33.1 Å². The zero-order valence-electron chi connectivity index (χ0n) is 24.8. The van der Waals surface area contributed by atoms with Gasteiger partial charge in [0, 0.05) is 36.6 Å². The molecule has 3 heteroatoms. The number of benzene rings is 7. The molecular weight excluding hydrogens is 577 g/mol. The van der Waals surface area contributed by atoms with E-state index in [1.54, 1.807) is 0 Å². The van der Waals surface area contributed by atoms with Crippen molar-refractivity contribution in [2.45, 2.75) is 0 Å². The Morgan fingerprint density at radius 3 is 2.00 bits per heavy atom. The molecule has 0 unspecified atom stereocenters. The van der Waals surface area contributed by atoms with E-state index >= 15 is 0 Å². The summed E-state index contributed by atoms with van der Waals surface area (Å²) >= 11 is 1.86. The van der Waals surface area contributed by atoms with Crippen molar-refractivity contribution in [2.24, 2.45) is 0 Å². The van der Waals surface area contributed by atoms with Crippen LogP contribution in [0.3, 0.4) is 0 Å². The lowest BCUT2D eigenvalue weighted by Gasteiger charge is -2.18. The Labute approximate surface area is 270 Å². The average molecular weight is 603 g/mol. The number of nitriles is 1. The topological polar surface area (TPSA) is 28.7 Å². The molecule has 0 amide bonds. The van der Waals surface area contributed by atoms with E-state index in [1.165, 1.54) is 48.0 Å². The van der Waals surface area contributed by atoms with E-state index in [4.69, 9.17) is 0 Å². The average Bonchev–Trinajstić information content (AvgIpc) is 3.67. The fourth-order valence-corrected chi connectivity index (χ4v) is 8.19. The maximum Gasteiger partial charge on any atom is 0.0991 e. The molecule has 0 aliphatic rings. The van der Waals surface area contributed by atoms with Gasteiger partial charge in [0.05, 0.1) is 22.7 Å². The van der Waals surface area contributed by atoms with Crippen LogP contribution in [0.5, 0.6) is 0 Å². The molecule has 0 bridgehead atoms. The van der Waals surface area contributed by atoms with Crippen LogP contribution in [-0.4, -0.2) is 4.57 Å². The number of hydrogen-bond donors (Lipinski definition) is 0. The smallest absolute Gasteiger partial charge is 0.0991 e. The first-order valence-electron chi connectivity index (χ1n) is 15.4. The number of fused-ring (bicyclic) bond motifs is 6. The maximum atomic E-state index is 9.63. The van der Waals surface area contributed by atoms with E-state index in [2.05, 4.69) is 156 Å². The molecule has 0 aliphatic carbocycles. The van der Waals surface area contributed by atoms with Gasteiger partial charge in [-0.05, 0) is 81.9 Å². The van der Waals surface area contributed by atoms with Crippen LogP contribution >= 0.6 is 11.3 Å². The first kappa shape index (κ1) is 26.5. The lowest BCUT2D eigenvalue weighted by Crippen LogP contribution is -1.96. The predicted molar refractivity (Wildman–Crippen MR) is 195 cm³/mol. The highest BCUT2D eigenvalue weighted by atomic mass is 32.1. The van der Waals surface area contributed by atoms with Crippen molar-refractivity contribution in [2.75, 3.05) is 0 Å². The van der Waals surface area contributed by atoms with Gasteiger partial charge in [-0.1, -0.05) is 109 Å². The van der Waals surface area contributed by atoms with Crippen molar-refractivity contribution in [1.29, 1.82) is 5.26 Å². The predicted octanol–water partition coefficient (Wildman–Crippen LogP) is 12.0. The number of thiophene rings is 1. The van der Waals surface area contributed by atoms with Crippen LogP contribution in [0.2, 0.25) is 0 Å². The summed E-state index contributed by atoms with van der Waals surface area (Å²) in [6, 6.07) is 58.6. The number of para-hydroxylation sites is 1.